The van der Waals surface area contributed by atoms with Gasteiger partial charge in [-0.25, -0.2) is 0 Å². The molecule has 1 aliphatic carbocycles. The summed E-state index contributed by atoms with van der Waals surface area (Å²) in [5.41, 5.74) is 2.46. The molecule has 0 spiro atoms. The van der Waals surface area contributed by atoms with Gasteiger partial charge in [0.25, 0.3) is 0 Å². The van der Waals surface area contributed by atoms with E-state index in [-0.39, 0.29) is 5.41 Å². The van der Waals surface area contributed by atoms with Crippen molar-refractivity contribution in [3.05, 3.63) is 11.9 Å². The Morgan fingerprint density at radius 1 is 1.53 bits per heavy atom. The first-order valence-electron chi connectivity index (χ1n) is 6.38. The Balaban J connectivity index is 1.79. The maximum Gasteiger partial charge on any atom is 0.0825 e. The predicted octanol–water partition coefficient (Wildman–Crippen LogP) is 1.95. The monoisotopic (exact) mass is 235 g/mol. The Bertz CT molecular complexity index is 438. The predicted molar refractivity (Wildman–Crippen MR) is 67.0 cm³/mol. The largest absolute Gasteiger partial charge is 0.379 e. The van der Waals surface area contributed by atoms with Crippen LogP contribution in [0.4, 0.5) is 5.69 Å². The molecule has 1 saturated carbocycles. The minimum absolute atomic E-state index is 0.226. The summed E-state index contributed by atoms with van der Waals surface area (Å²) >= 11 is 0. The van der Waals surface area contributed by atoms with Gasteiger partial charge in [0.1, 0.15) is 0 Å². The summed E-state index contributed by atoms with van der Waals surface area (Å²) in [5.74, 6) is 0.671. The quantitative estimate of drug-likeness (QED) is 0.851. The number of hydrogen-bond donors (Lipinski definition) is 1. The van der Waals surface area contributed by atoms with Crippen molar-refractivity contribution < 1.29 is 4.74 Å². The highest BCUT2D eigenvalue weighted by Crippen LogP contribution is 2.53. The van der Waals surface area contributed by atoms with E-state index < -0.39 is 0 Å². The van der Waals surface area contributed by atoms with Crippen LogP contribution in [0, 0.1) is 18.3 Å². The highest BCUT2D eigenvalue weighted by Gasteiger charge is 2.59. The summed E-state index contributed by atoms with van der Waals surface area (Å²) in [6, 6.07) is 0.512. The van der Waals surface area contributed by atoms with Gasteiger partial charge in [0.15, 0.2) is 0 Å². The van der Waals surface area contributed by atoms with E-state index in [4.69, 9.17) is 4.74 Å². The van der Waals surface area contributed by atoms with Crippen molar-refractivity contribution in [3.63, 3.8) is 0 Å². The Kier molecular flexibility index (Phi) is 2.27. The molecule has 1 N–H and O–H groups in total. The Morgan fingerprint density at radius 3 is 2.94 bits per heavy atom. The standard InChI is InChI=1S/C13H21N3O/c1-8-10(7-16(4)15-8)14-11-9-5-6-17-12(9)13(11,2)3/h7,9,11-12,14H,5-6H2,1-4H3. The third-order valence-electron chi connectivity index (χ3n) is 4.42. The van der Waals surface area contributed by atoms with Gasteiger partial charge in [-0.05, 0) is 13.3 Å². The molecule has 1 saturated heterocycles. The molecule has 1 aliphatic heterocycles. The molecule has 2 fully saturated rings. The first-order valence-corrected chi connectivity index (χ1v) is 6.38. The second-order valence-corrected chi connectivity index (χ2v) is 5.99. The number of fused-ring (bicyclic) bond motifs is 1. The van der Waals surface area contributed by atoms with Gasteiger partial charge < -0.3 is 10.1 Å². The van der Waals surface area contributed by atoms with E-state index in [1.165, 1.54) is 6.42 Å². The third-order valence-corrected chi connectivity index (χ3v) is 4.42. The fraction of sp³-hybridized carbons (Fsp3) is 0.769. The number of nitrogens with zero attached hydrogens (tertiary/aromatic N) is 2. The number of aryl methyl sites for hydroxylation is 2. The van der Waals surface area contributed by atoms with Gasteiger partial charge in [-0.1, -0.05) is 13.8 Å². The van der Waals surface area contributed by atoms with Crippen LogP contribution in [0.5, 0.6) is 0 Å². The minimum atomic E-state index is 0.226. The highest BCUT2D eigenvalue weighted by atomic mass is 16.5. The van der Waals surface area contributed by atoms with Crippen LogP contribution in [-0.2, 0) is 11.8 Å². The number of ether oxygens (including phenoxy) is 1. The molecule has 4 nitrogen and oxygen atoms in total. The van der Waals surface area contributed by atoms with E-state index in [0.717, 1.165) is 18.0 Å². The molecular formula is C13H21N3O. The second-order valence-electron chi connectivity index (χ2n) is 5.99. The van der Waals surface area contributed by atoms with E-state index >= 15 is 0 Å². The number of aromatic nitrogens is 2. The lowest BCUT2D eigenvalue weighted by atomic mass is 9.57. The Hall–Kier alpha value is -1.03. The average Bonchev–Trinajstić information content (AvgIpc) is 2.80. The number of hydrogen-bond acceptors (Lipinski definition) is 3. The number of anilines is 1. The molecule has 4 heteroatoms. The fourth-order valence-electron chi connectivity index (χ4n) is 3.53. The molecular weight excluding hydrogens is 214 g/mol. The molecule has 2 heterocycles. The molecule has 0 amide bonds. The zero-order valence-corrected chi connectivity index (χ0v) is 11.0. The van der Waals surface area contributed by atoms with Crippen molar-refractivity contribution in [1.82, 2.24) is 9.78 Å². The molecule has 0 bridgehead atoms. The maximum absolute atomic E-state index is 5.81. The van der Waals surface area contributed by atoms with Gasteiger partial charge in [-0.2, -0.15) is 5.10 Å². The van der Waals surface area contributed by atoms with Crippen molar-refractivity contribution >= 4 is 5.69 Å². The molecule has 94 valence electrons. The zero-order valence-electron chi connectivity index (χ0n) is 11.0. The molecule has 1 aromatic rings. The lowest BCUT2D eigenvalue weighted by molar-refractivity contribution is -0.0923. The molecule has 0 aromatic carbocycles. The van der Waals surface area contributed by atoms with Gasteiger partial charge >= 0.3 is 0 Å². The van der Waals surface area contributed by atoms with Crippen LogP contribution in [0.25, 0.3) is 0 Å². The molecule has 17 heavy (non-hydrogen) atoms. The van der Waals surface area contributed by atoms with Gasteiger partial charge in [-0.15, -0.1) is 0 Å². The van der Waals surface area contributed by atoms with Gasteiger partial charge in [0, 0.05) is 37.2 Å². The highest BCUT2D eigenvalue weighted by molar-refractivity contribution is 5.48. The molecule has 3 atom stereocenters. The molecule has 3 rings (SSSR count). The molecule has 2 aliphatic rings. The van der Waals surface area contributed by atoms with Gasteiger partial charge in [-0.3, -0.25) is 4.68 Å². The lowest BCUT2D eigenvalue weighted by Gasteiger charge is -2.54. The molecule has 0 radical (unpaired) electrons. The van der Waals surface area contributed by atoms with Crippen molar-refractivity contribution in [3.8, 4) is 0 Å². The van der Waals surface area contributed by atoms with Crippen LogP contribution < -0.4 is 5.32 Å². The van der Waals surface area contributed by atoms with E-state index in [1.54, 1.807) is 0 Å². The van der Waals surface area contributed by atoms with Crippen LogP contribution in [0.2, 0.25) is 0 Å². The first-order chi connectivity index (χ1) is 8.00. The van der Waals surface area contributed by atoms with Crippen LogP contribution >= 0.6 is 0 Å². The van der Waals surface area contributed by atoms with E-state index in [9.17, 15) is 0 Å². The minimum Gasteiger partial charge on any atom is -0.379 e. The third kappa shape index (κ3) is 1.50. The van der Waals surface area contributed by atoms with Crippen molar-refractivity contribution in [2.45, 2.75) is 39.3 Å². The van der Waals surface area contributed by atoms with Crippen LogP contribution in [0.15, 0.2) is 6.20 Å². The van der Waals surface area contributed by atoms with Crippen molar-refractivity contribution in [2.75, 3.05) is 11.9 Å². The van der Waals surface area contributed by atoms with E-state index in [0.29, 0.717) is 18.1 Å². The van der Waals surface area contributed by atoms with Crippen molar-refractivity contribution in [1.29, 1.82) is 0 Å². The summed E-state index contributed by atoms with van der Waals surface area (Å²) in [4.78, 5) is 0. The maximum atomic E-state index is 5.81. The van der Waals surface area contributed by atoms with Gasteiger partial charge in [0.05, 0.1) is 17.5 Å². The normalized spacial score (nSPS) is 34.2. The topological polar surface area (TPSA) is 39.1 Å². The average molecular weight is 235 g/mol. The molecule has 1 aromatic heterocycles. The van der Waals surface area contributed by atoms with E-state index in [2.05, 4.69) is 37.4 Å². The zero-order chi connectivity index (χ0) is 12.2. The fourth-order valence-corrected chi connectivity index (χ4v) is 3.53. The number of rotatable bonds is 2. The summed E-state index contributed by atoms with van der Waals surface area (Å²) in [6.45, 7) is 7.56. The lowest BCUT2D eigenvalue weighted by Crippen LogP contribution is -2.63. The Morgan fingerprint density at radius 2 is 2.29 bits per heavy atom. The summed E-state index contributed by atoms with van der Waals surface area (Å²) in [5, 5.41) is 8.04. The summed E-state index contributed by atoms with van der Waals surface area (Å²) < 4.78 is 7.68. The van der Waals surface area contributed by atoms with Crippen LogP contribution in [0.3, 0.4) is 0 Å². The van der Waals surface area contributed by atoms with Crippen LogP contribution in [-0.4, -0.2) is 28.5 Å². The molecule has 3 unspecified atom stereocenters. The SMILES string of the molecule is Cc1nn(C)cc1NC1C2CCOC2C1(C)C. The summed E-state index contributed by atoms with van der Waals surface area (Å²) in [6.07, 6.45) is 3.69. The Labute approximate surface area is 102 Å². The van der Waals surface area contributed by atoms with Crippen molar-refractivity contribution in [2.24, 2.45) is 18.4 Å². The second kappa shape index (κ2) is 3.48. The van der Waals surface area contributed by atoms with E-state index in [1.807, 2.05) is 11.7 Å². The smallest absolute Gasteiger partial charge is 0.0825 e. The summed E-state index contributed by atoms with van der Waals surface area (Å²) in [7, 11) is 1.96. The van der Waals surface area contributed by atoms with Gasteiger partial charge in [0.2, 0.25) is 0 Å². The number of nitrogens with one attached hydrogen (secondary N) is 1. The van der Waals surface area contributed by atoms with Crippen LogP contribution in [0.1, 0.15) is 26.0 Å². The first kappa shape index (κ1) is 11.1.